The summed E-state index contributed by atoms with van der Waals surface area (Å²) in [6, 6.07) is 23.7. The molecular weight excluding hydrogens is 330 g/mol. The van der Waals surface area contributed by atoms with Gasteiger partial charge in [-0.15, -0.1) is 0 Å². The summed E-state index contributed by atoms with van der Waals surface area (Å²) in [4.78, 5) is 0. The topological polar surface area (TPSA) is 20.5 Å². The Morgan fingerprint density at radius 2 is 1.70 bits per heavy atom. The molecule has 0 aliphatic carbocycles. The summed E-state index contributed by atoms with van der Waals surface area (Å²) in [5.41, 5.74) is 6.06. The molecule has 0 radical (unpaired) electrons. The van der Waals surface area contributed by atoms with E-state index < -0.39 is 0 Å². The summed E-state index contributed by atoms with van der Waals surface area (Å²) in [7, 11) is 0. The number of aromatic nitrogens is 1. The SMILES string of the molecule is CCN(N=Cc1ccc2c(c1)c1ccccc1n2CC)c1cccc(C)c1. The van der Waals surface area contributed by atoms with Gasteiger partial charge in [-0.05, 0) is 62.2 Å². The Bertz CT molecular complexity index is 1120. The standard InChI is InChI=1S/C24H25N3/c1-4-26-23-12-7-6-11-21(23)22-16-19(13-14-24(22)26)17-25-27(5-2)20-10-8-9-18(3)15-20/h6-17H,4-5H2,1-3H3. The van der Waals surface area contributed by atoms with Crippen molar-refractivity contribution in [2.45, 2.75) is 27.3 Å². The lowest BCUT2D eigenvalue weighted by Crippen LogP contribution is -2.15. The van der Waals surface area contributed by atoms with Gasteiger partial charge in [-0.3, -0.25) is 5.01 Å². The van der Waals surface area contributed by atoms with Crippen molar-refractivity contribution < 1.29 is 0 Å². The van der Waals surface area contributed by atoms with E-state index >= 15 is 0 Å². The third kappa shape index (κ3) is 3.21. The zero-order chi connectivity index (χ0) is 18.8. The number of nitrogens with zero attached hydrogens (tertiary/aromatic N) is 3. The Labute approximate surface area is 160 Å². The zero-order valence-corrected chi connectivity index (χ0v) is 16.2. The van der Waals surface area contributed by atoms with E-state index in [1.165, 1.54) is 27.4 Å². The largest absolute Gasteiger partial charge is 0.341 e. The highest BCUT2D eigenvalue weighted by atomic mass is 15.4. The number of benzene rings is 3. The number of hydrogen-bond donors (Lipinski definition) is 0. The molecule has 0 spiro atoms. The summed E-state index contributed by atoms with van der Waals surface area (Å²) < 4.78 is 2.37. The normalized spacial score (nSPS) is 11.7. The average molecular weight is 355 g/mol. The molecule has 0 saturated heterocycles. The first-order valence-electron chi connectivity index (χ1n) is 9.60. The van der Waals surface area contributed by atoms with Gasteiger partial charge in [0.15, 0.2) is 0 Å². The number of para-hydroxylation sites is 1. The van der Waals surface area contributed by atoms with Crippen LogP contribution in [0.25, 0.3) is 21.8 Å². The number of aryl methyl sites for hydroxylation is 2. The minimum absolute atomic E-state index is 0.831. The third-order valence-corrected chi connectivity index (χ3v) is 5.06. The molecule has 0 N–H and O–H groups in total. The lowest BCUT2D eigenvalue weighted by atomic mass is 10.1. The van der Waals surface area contributed by atoms with E-state index in [0.29, 0.717) is 0 Å². The molecule has 0 bridgehead atoms. The maximum absolute atomic E-state index is 4.74. The monoisotopic (exact) mass is 355 g/mol. The van der Waals surface area contributed by atoms with Crippen molar-refractivity contribution >= 4 is 33.7 Å². The van der Waals surface area contributed by atoms with Crippen LogP contribution in [0.15, 0.2) is 71.8 Å². The lowest BCUT2D eigenvalue weighted by Gasteiger charge is -2.17. The van der Waals surface area contributed by atoms with Gasteiger partial charge in [0, 0.05) is 34.9 Å². The fraction of sp³-hybridized carbons (Fsp3) is 0.208. The van der Waals surface area contributed by atoms with Crippen LogP contribution in [0.3, 0.4) is 0 Å². The first-order valence-corrected chi connectivity index (χ1v) is 9.60. The van der Waals surface area contributed by atoms with E-state index in [-0.39, 0.29) is 0 Å². The van der Waals surface area contributed by atoms with Gasteiger partial charge in [0.05, 0.1) is 11.9 Å². The molecule has 1 aromatic heterocycles. The third-order valence-electron chi connectivity index (χ3n) is 5.06. The molecule has 1 heterocycles. The summed E-state index contributed by atoms with van der Waals surface area (Å²) in [6.07, 6.45) is 1.96. The number of fused-ring (bicyclic) bond motifs is 3. The van der Waals surface area contributed by atoms with Crippen molar-refractivity contribution in [3.63, 3.8) is 0 Å². The van der Waals surface area contributed by atoms with Crippen molar-refractivity contribution in [2.24, 2.45) is 5.10 Å². The molecule has 4 aromatic rings. The fourth-order valence-corrected chi connectivity index (χ4v) is 3.75. The van der Waals surface area contributed by atoms with E-state index in [4.69, 9.17) is 5.10 Å². The van der Waals surface area contributed by atoms with Crippen LogP contribution in [0.1, 0.15) is 25.0 Å². The average Bonchev–Trinajstić information content (AvgIpc) is 3.01. The van der Waals surface area contributed by atoms with E-state index in [9.17, 15) is 0 Å². The van der Waals surface area contributed by atoms with Crippen molar-refractivity contribution in [3.8, 4) is 0 Å². The van der Waals surface area contributed by atoms with Crippen molar-refractivity contribution in [3.05, 3.63) is 77.9 Å². The molecule has 4 rings (SSSR count). The molecule has 3 aromatic carbocycles. The van der Waals surface area contributed by atoms with E-state index in [0.717, 1.165) is 24.3 Å². The number of anilines is 1. The summed E-state index contributed by atoms with van der Waals surface area (Å²) in [5.74, 6) is 0. The molecule has 0 saturated carbocycles. The second kappa shape index (κ2) is 7.28. The van der Waals surface area contributed by atoms with Crippen LogP contribution in [-0.4, -0.2) is 17.3 Å². The first-order chi connectivity index (χ1) is 13.2. The van der Waals surface area contributed by atoms with E-state index in [2.05, 4.69) is 92.1 Å². The van der Waals surface area contributed by atoms with Crippen LogP contribution >= 0.6 is 0 Å². The Kier molecular flexibility index (Phi) is 4.68. The van der Waals surface area contributed by atoms with Gasteiger partial charge in [-0.25, -0.2) is 0 Å². The maximum Gasteiger partial charge on any atom is 0.0596 e. The highest BCUT2D eigenvalue weighted by Gasteiger charge is 2.09. The highest BCUT2D eigenvalue weighted by Crippen LogP contribution is 2.29. The second-order valence-corrected chi connectivity index (χ2v) is 6.84. The van der Waals surface area contributed by atoms with Gasteiger partial charge in [0.1, 0.15) is 0 Å². The van der Waals surface area contributed by atoms with Crippen molar-refractivity contribution in [1.82, 2.24) is 4.57 Å². The minimum atomic E-state index is 0.831. The molecule has 0 aliphatic rings. The lowest BCUT2D eigenvalue weighted by molar-refractivity contribution is 0.827. The number of rotatable bonds is 5. The zero-order valence-electron chi connectivity index (χ0n) is 16.2. The summed E-state index contributed by atoms with van der Waals surface area (Å²) in [5, 5.41) is 9.36. The quantitative estimate of drug-likeness (QED) is 0.318. The van der Waals surface area contributed by atoms with E-state index in [1.807, 2.05) is 11.2 Å². The molecule has 0 amide bonds. The van der Waals surface area contributed by atoms with Crippen LogP contribution in [0.4, 0.5) is 5.69 Å². The smallest absolute Gasteiger partial charge is 0.0596 e. The highest BCUT2D eigenvalue weighted by molar-refractivity contribution is 6.09. The molecule has 136 valence electrons. The predicted octanol–water partition coefficient (Wildman–Crippen LogP) is 5.98. The molecule has 3 nitrogen and oxygen atoms in total. The van der Waals surface area contributed by atoms with E-state index in [1.54, 1.807) is 0 Å². The summed E-state index contributed by atoms with van der Waals surface area (Å²) >= 11 is 0. The molecule has 27 heavy (non-hydrogen) atoms. The first kappa shape index (κ1) is 17.3. The molecule has 0 aliphatic heterocycles. The van der Waals surface area contributed by atoms with Gasteiger partial charge in [0.2, 0.25) is 0 Å². The van der Waals surface area contributed by atoms with Crippen LogP contribution in [0.5, 0.6) is 0 Å². The number of hydrogen-bond acceptors (Lipinski definition) is 2. The number of hydrazone groups is 1. The van der Waals surface area contributed by atoms with Gasteiger partial charge in [-0.1, -0.05) is 36.4 Å². The van der Waals surface area contributed by atoms with Crippen LogP contribution in [-0.2, 0) is 6.54 Å². The minimum Gasteiger partial charge on any atom is -0.341 e. The van der Waals surface area contributed by atoms with Gasteiger partial charge >= 0.3 is 0 Å². The van der Waals surface area contributed by atoms with Gasteiger partial charge in [-0.2, -0.15) is 5.10 Å². The van der Waals surface area contributed by atoms with Crippen molar-refractivity contribution in [1.29, 1.82) is 0 Å². The van der Waals surface area contributed by atoms with Crippen LogP contribution < -0.4 is 5.01 Å². The molecule has 0 atom stereocenters. The summed E-state index contributed by atoms with van der Waals surface area (Å²) in [6.45, 7) is 8.23. The van der Waals surface area contributed by atoms with Gasteiger partial charge < -0.3 is 4.57 Å². The van der Waals surface area contributed by atoms with Crippen molar-refractivity contribution in [2.75, 3.05) is 11.6 Å². The Morgan fingerprint density at radius 1 is 0.889 bits per heavy atom. The molecular formula is C24H25N3. The van der Waals surface area contributed by atoms with Crippen LogP contribution in [0, 0.1) is 6.92 Å². The predicted molar refractivity (Wildman–Crippen MR) is 117 cm³/mol. The molecule has 0 fully saturated rings. The Balaban J connectivity index is 1.74. The Morgan fingerprint density at radius 3 is 2.48 bits per heavy atom. The maximum atomic E-state index is 4.74. The molecule has 0 unspecified atom stereocenters. The van der Waals surface area contributed by atoms with Gasteiger partial charge in [0.25, 0.3) is 0 Å². The fourth-order valence-electron chi connectivity index (χ4n) is 3.75. The second-order valence-electron chi connectivity index (χ2n) is 6.84. The van der Waals surface area contributed by atoms with Crippen LogP contribution in [0.2, 0.25) is 0 Å². The Hall–Kier alpha value is -3.07. The molecule has 3 heteroatoms.